The van der Waals surface area contributed by atoms with Crippen LogP contribution in [0.4, 0.5) is 8.78 Å². The van der Waals surface area contributed by atoms with Gasteiger partial charge in [-0.1, -0.05) is 22.0 Å². The molecule has 0 saturated carbocycles. The van der Waals surface area contributed by atoms with Crippen molar-refractivity contribution in [3.05, 3.63) is 69.2 Å². The molecule has 3 rings (SSSR count). The molecular formula is C17H13BrF2N2O2. The van der Waals surface area contributed by atoms with E-state index in [1.165, 1.54) is 11.0 Å². The Balaban J connectivity index is 2.10. The molecule has 2 unspecified atom stereocenters. The summed E-state index contributed by atoms with van der Waals surface area (Å²) in [5.41, 5.74) is 6.42. The third-order valence-corrected chi connectivity index (χ3v) is 4.64. The van der Waals surface area contributed by atoms with Crippen molar-refractivity contribution in [3.8, 4) is 0 Å². The minimum atomic E-state index is -1.01. The molecule has 1 heterocycles. The molecule has 0 fully saturated rings. The molecule has 2 N–H and O–H groups in total. The summed E-state index contributed by atoms with van der Waals surface area (Å²) in [5.74, 6) is -2.63. The zero-order chi connectivity index (χ0) is 17.6. The normalized spacial score (nSPS) is 17.8. The topological polar surface area (TPSA) is 63.4 Å². The predicted molar refractivity (Wildman–Crippen MR) is 87.0 cm³/mol. The molecule has 2 amide bonds. The molecule has 7 heteroatoms. The first kappa shape index (κ1) is 16.6. The Morgan fingerprint density at radius 3 is 2.58 bits per heavy atom. The summed E-state index contributed by atoms with van der Waals surface area (Å²) < 4.78 is 27.9. The highest BCUT2D eigenvalue weighted by molar-refractivity contribution is 9.10. The first-order valence-electron chi connectivity index (χ1n) is 7.17. The number of halogens is 3. The summed E-state index contributed by atoms with van der Waals surface area (Å²) in [6, 6.07) is 6.24. The Labute approximate surface area is 145 Å². The van der Waals surface area contributed by atoms with Crippen LogP contribution in [0.5, 0.6) is 0 Å². The van der Waals surface area contributed by atoms with Crippen LogP contribution in [0.1, 0.15) is 40.5 Å². The molecule has 0 saturated heterocycles. The molecule has 1 aliphatic heterocycles. The van der Waals surface area contributed by atoms with Crippen LogP contribution >= 0.6 is 15.9 Å². The highest BCUT2D eigenvalue weighted by atomic mass is 79.9. The Hall–Kier alpha value is -2.28. The first-order valence-corrected chi connectivity index (χ1v) is 7.97. The van der Waals surface area contributed by atoms with Gasteiger partial charge in [0.2, 0.25) is 5.91 Å². The number of rotatable bonds is 3. The number of fused-ring (bicyclic) bond motifs is 1. The van der Waals surface area contributed by atoms with E-state index in [1.54, 1.807) is 25.1 Å². The fourth-order valence-electron chi connectivity index (χ4n) is 3.04. The van der Waals surface area contributed by atoms with E-state index in [1.807, 2.05) is 0 Å². The van der Waals surface area contributed by atoms with Crippen LogP contribution in [-0.2, 0) is 4.79 Å². The molecule has 2 aromatic rings. The number of nitrogens with zero attached hydrogens (tertiary/aromatic N) is 1. The lowest BCUT2D eigenvalue weighted by atomic mass is 10.0. The molecule has 2 atom stereocenters. The molecule has 0 aliphatic carbocycles. The van der Waals surface area contributed by atoms with Gasteiger partial charge < -0.3 is 10.6 Å². The van der Waals surface area contributed by atoms with Crippen molar-refractivity contribution < 1.29 is 18.4 Å². The van der Waals surface area contributed by atoms with Crippen LogP contribution in [0, 0.1) is 11.6 Å². The third-order valence-electron chi connectivity index (χ3n) is 4.15. The average molecular weight is 395 g/mol. The maximum atomic E-state index is 14.1. The minimum absolute atomic E-state index is 0.114. The second kappa shape index (κ2) is 5.98. The monoisotopic (exact) mass is 394 g/mol. The summed E-state index contributed by atoms with van der Waals surface area (Å²) in [6.07, 6.45) is 0. The zero-order valence-electron chi connectivity index (χ0n) is 12.6. The number of carbonyl (C=O) groups is 2. The lowest BCUT2D eigenvalue weighted by Gasteiger charge is -2.30. The number of benzene rings is 2. The van der Waals surface area contributed by atoms with E-state index in [0.717, 1.165) is 12.1 Å². The molecule has 124 valence electrons. The highest BCUT2D eigenvalue weighted by Gasteiger charge is 2.43. The third kappa shape index (κ3) is 2.58. The average Bonchev–Trinajstić information content (AvgIpc) is 2.79. The Kier molecular flexibility index (Phi) is 4.13. The SMILES string of the molecule is CC(c1ccc(F)cc1F)N1C(=O)c2ccc(Br)cc2C1C(N)=O. The van der Waals surface area contributed by atoms with Crippen LogP contribution < -0.4 is 5.73 Å². The number of amides is 2. The lowest BCUT2D eigenvalue weighted by molar-refractivity contribution is -0.123. The maximum Gasteiger partial charge on any atom is 0.255 e. The van der Waals surface area contributed by atoms with Crippen LogP contribution in [-0.4, -0.2) is 16.7 Å². The van der Waals surface area contributed by atoms with Crippen molar-refractivity contribution in [1.82, 2.24) is 4.90 Å². The smallest absolute Gasteiger partial charge is 0.255 e. The maximum absolute atomic E-state index is 14.1. The van der Waals surface area contributed by atoms with E-state index >= 15 is 0 Å². The van der Waals surface area contributed by atoms with Crippen LogP contribution in [0.3, 0.4) is 0 Å². The molecular weight excluding hydrogens is 382 g/mol. The molecule has 0 radical (unpaired) electrons. The van der Waals surface area contributed by atoms with Gasteiger partial charge in [-0.05, 0) is 36.8 Å². The molecule has 1 aliphatic rings. The van der Waals surface area contributed by atoms with Crippen molar-refractivity contribution in [2.75, 3.05) is 0 Å². The fourth-order valence-corrected chi connectivity index (χ4v) is 3.42. The summed E-state index contributed by atoms with van der Waals surface area (Å²) in [6.45, 7) is 1.57. The number of hydrogen-bond acceptors (Lipinski definition) is 2. The second-order valence-electron chi connectivity index (χ2n) is 5.59. The second-order valence-corrected chi connectivity index (χ2v) is 6.51. The Bertz CT molecular complexity index is 856. The van der Waals surface area contributed by atoms with E-state index in [2.05, 4.69) is 15.9 Å². The van der Waals surface area contributed by atoms with Crippen LogP contribution in [0.15, 0.2) is 40.9 Å². The van der Waals surface area contributed by atoms with Gasteiger partial charge in [0.05, 0.1) is 6.04 Å². The molecule has 4 nitrogen and oxygen atoms in total. The summed E-state index contributed by atoms with van der Waals surface area (Å²) in [5, 5.41) is 0. The van der Waals surface area contributed by atoms with Gasteiger partial charge in [0.1, 0.15) is 17.7 Å². The van der Waals surface area contributed by atoms with Crippen molar-refractivity contribution in [2.24, 2.45) is 5.73 Å². The van der Waals surface area contributed by atoms with Crippen LogP contribution in [0.2, 0.25) is 0 Å². The lowest BCUT2D eigenvalue weighted by Crippen LogP contribution is -2.38. The molecule has 24 heavy (non-hydrogen) atoms. The summed E-state index contributed by atoms with van der Waals surface area (Å²) in [7, 11) is 0. The van der Waals surface area contributed by atoms with Gasteiger partial charge in [-0.25, -0.2) is 8.78 Å². The van der Waals surface area contributed by atoms with Gasteiger partial charge in [0, 0.05) is 21.7 Å². The summed E-state index contributed by atoms with van der Waals surface area (Å²) in [4.78, 5) is 25.9. The Morgan fingerprint density at radius 2 is 1.96 bits per heavy atom. The van der Waals surface area contributed by atoms with Gasteiger partial charge >= 0.3 is 0 Å². The van der Waals surface area contributed by atoms with Crippen LogP contribution in [0.25, 0.3) is 0 Å². The van der Waals surface area contributed by atoms with Crippen molar-refractivity contribution in [1.29, 1.82) is 0 Å². The molecule has 0 bridgehead atoms. The standard InChI is InChI=1S/C17H13BrF2N2O2/c1-8(11-5-3-10(19)7-14(11)20)22-15(16(21)23)13-6-9(18)2-4-12(13)17(22)24/h2-8,15H,1H3,(H2,21,23). The van der Waals surface area contributed by atoms with E-state index in [-0.39, 0.29) is 5.56 Å². The number of primary amides is 1. The van der Waals surface area contributed by atoms with Gasteiger partial charge in [0.15, 0.2) is 0 Å². The minimum Gasteiger partial charge on any atom is -0.368 e. The molecule has 2 aromatic carbocycles. The van der Waals surface area contributed by atoms with Gasteiger partial charge in [-0.15, -0.1) is 0 Å². The van der Waals surface area contributed by atoms with Crippen molar-refractivity contribution in [3.63, 3.8) is 0 Å². The largest absolute Gasteiger partial charge is 0.368 e. The van der Waals surface area contributed by atoms with Gasteiger partial charge in [0.25, 0.3) is 5.91 Å². The quantitative estimate of drug-likeness (QED) is 0.865. The fraction of sp³-hybridized carbons (Fsp3) is 0.176. The summed E-state index contributed by atoms with van der Waals surface area (Å²) >= 11 is 3.30. The van der Waals surface area contributed by atoms with E-state index < -0.39 is 35.5 Å². The van der Waals surface area contributed by atoms with E-state index in [4.69, 9.17) is 5.73 Å². The van der Waals surface area contributed by atoms with E-state index in [0.29, 0.717) is 15.6 Å². The number of hydrogen-bond donors (Lipinski definition) is 1. The molecule has 0 spiro atoms. The predicted octanol–water partition coefficient (Wildman–Crippen LogP) is 3.47. The zero-order valence-corrected chi connectivity index (χ0v) is 14.2. The highest BCUT2D eigenvalue weighted by Crippen LogP contribution is 2.41. The van der Waals surface area contributed by atoms with Crippen molar-refractivity contribution in [2.45, 2.75) is 19.0 Å². The first-order chi connectivity index (χ1) is 11.3. The Morgan fingerprint density at radius 1 is 1.25 bits per heavy atom. The van der Waals surface area contributed by atoms with Gasteiger partial charge in [-0.3, -0.25) is 9.59 Å². The number of carbonyl (C=O) groups excluding carboxylic acids is 2. The van der Waals surface area contributed by atoms with E-state index in [9.17, 15) is 18.4 Å². The van der Waals surface area contributed by atoms with Crippen molar-refractivity contribution >= 4 is 27.7 Å². The number of nitrogens with two attached hydrogens (primary N) is 1. The molecule has 0 aromatic heterocycles. The van der Waals surface area contributed by atoms with Gasteiger partial charge in [-0.2, -0.15) is 0 Å².